The summed E-state index contributed by atoms with van der Waals surface area (Å²) < 4.78 is 5.25. The molecule has 3 heterocycles. The Morgan fingerprint density at radius 2 is 1.59 bits per heavy atom. The number of nitrogens with zero attached hydrogens (tertiary/aromatic N) is 4. The predicted octanol–water partition coefficient (Wildman–Crippen LogP) is 3.05. The summed E-state index contributed by atoms with van der Waals surface area (Å²) in [6.45, 7) is 2.28. The molecule has 0 radical (unpaired) electrons. The first-order valence-electron chi connectivity index (χ1n) is 10.8. The van der Waals surface area contributed by atoms with Crippen LogP contribution in [0.15, 0.2) is 88.5 Å². The van der Waals surface area contributed by atoms with Gasteiger partial charge in [-0.25, -0.2) is 9.89 Å². The quantitative estimate of drug-likeness (QED) is 0.641. The van der Waals surface area contributed by atoms with Gasteiger partial charge in [0.1, 0.15) is 6.04 Å². The van der Waals surface area contributed by atoms with Crippen molar-refractivity contribution in [1.82, 2.24) is 9.80 Å². The molecule has 32 heavy (non-hydrogen) atoms. The van der Waals surface area contributed by atoms with Gasteiger partial charge in [0.05, 0.1) is 12.0 Å². The Hall–Kier alpha value is -3.87. The van der Waals surface area contributed by atoms with Crippen LogP contribution in [0.2, 0.25) is 0 Å². The average molecular weight is 428 g/mol. The molecule has 1 aromatic heterocycles. The van der Waals surface area contributed by atoms with E-state index in [-0.39, 0.29) is 11.8 Å². The van der Waals surface area contributed by atoms with Gasteiger partial charge < -0.3 is 14.2 Å². The summed E-state index contributed by atoms with van der Waals surface area (Å²) in [5.41, 5.74) is 1.89. The number of carbonyl (C=O) groups excluding carboxylic acids is 2. The standard InChI is InChI=1S/C25H24N4O3/c30-23-21(18-19-8-3-1-4-9-19)26-25(29(23)20-10-5-2-6-11-20)28-15-13-27(14-16-28)24(31)22-12-7-17-32-22/h1-12,17,21H,13-16,18H2. The summed E-state index contributed by atoms with van der Waals surface area (Å²) in [6.07, 6.45) is 2.07. The van der Waals surface area contributed by atoms with E-state index in [1.807, 2.05) is 60.7 Å². The molecule has 2 amide bonds. The molecule has 5 rings (SSSR count). The van der Waals surface area contributed by atoms with E-state index in [0.717, 1.165) is 11.3 Å². The molecule has 2 aromatic carbocycles. The lowest BCUT2D eigenvalue weighted by Gasteiger charge is -2.37. The normalized spacial score (nSPS) is 18.8. The first-order valence-corrected chi connectivity index (χ1v) is 10.8. The van der Waals surface area contributed by atoms with E-state index in [1.165, 1.54) is 6.26 Å². The third-order valence-electron chi connectivity index (χ3n) is 5.84. The van der Waals surface area contributed by atoms with E-state index in [4.69, 9.17) is 9.41 Å². The van der Waals surface area contributed by atoms with Gasteiger partial charge in [0.25, 0.3) is 11.8 Å². The topological polar surface area (TPSA) is 69.4 Å². The van der Waals surface area contributed by atoms with Crippen molar-refractivity contribution in [3.63, 3.8) is 0 Å². The number of anilines is 1. The van der Waals surface area contributed by atoms with E-state index >= 15 is 0 Å². The maximum absolute atomic E-state index is 13.4. The molecule has 2 aliphatic rings. The fourth-order valence-electron chi connectivity index (χ4n) is 4.18. The lowest BCUT2D eigenvalue weighted by Crippen LogP contribution is -2.54. The van der Waals surface area contributed by atoms with Crippen molar-refractivity contribution in [2.45, 2.75) is 12.5 Å². The molecule has 162 valence electrons. The van der Waals surface area contributed by atoms with E-state index < -0.39 is 6.04 Å². The van der Waals surface area contributed by atoms with Crippen molar-refractivity contribution in [1.29, 1.82) is 0 Å². The highest BCUT2D eigenvalue weighted by Crippen LogP contribution is 2.25. The number of furan rings is 1. The van der Waals surface area contributed by atoms with Crippen LogP contribution in [0.3, 0.4) is 0 Å². The minimum Gasteiger partial charge on any atom is -0.459 e. The van der Waals surface area contributed by atoms with Crippen LogP contribution in [0.5, 0.6) is 0 Å². The third-order valence-corrected chi connectivity index (χ3v) is 5.84. The Morgan fingerprint density at radius 3 is 2.25 bits per heavy atom. The second-order valence-electron chi connectivity index (χ2n) is 7.90. The molecular weight excluding hydrogens is 404 g/mol. The van der Waals surface area contributed by atoms with Gasteiger partial charge in [0.2, 0.25) is 5.96 Å². The molecule has 1 saturated heterocycles. The van der Waals surface area contributed by atoms with Crippen molar-refractivity contribution in [3.05, 3.63) is 90.4 Å². The molecule has 0 aliphatic carbocycles. The molecule has 0 N–H and O–H groups in total. The van der Waals surface area contributed by atoms with Crippen LogP contribution in [-0.2, 0) is 11.2 Å². The van der Waals surface area contributed by atoms with E-state index in [2.05, 4.69) is 4.90 Å². The summed E-state index contributed by atoms with van der Waals surface area (Å²) >= 11 is 0. The second-order valence-corrected chi connectivity index (χ2v) is 7.90. The molecule has 0 saturated carbocycles. The van der Waals surface area contributed by atoms with Gasteiger partial charge in [-0.2, -0.15) is 0 Å². The third kappa shape index (κ3) is 3.89. The number of para-hydroxylation sites is 1. The van der Waals surface area contributed by atoms with E-state index in [0.29, 0.717) is 44.3 Å². The lowest BCUT2D eigenvalue weighted by molar-refractivity contribution is -0.118. The van der Waals surface area contributed by atoms with Crippen LogP contribution >= 0.6 is 0 Å². The van der Waals surface area contributed by atoms with Gasteiger partial charge in [-0.1, -0.05) is 48.5 Å². The summed E-state index contributed by atoms with van der Waals surface area (Å²) in [5.74, 6) is 0.873. The maximum atomic E-state index is 13.4. The molecule has 0 spiro atoms. The Kier molecular flexibility index (Phi) is 5.46. The average Bonchev–Trinajstić information content (AvgIpc) is 3.49. The number of hydrogen-bond acceptors (Lipinski definition) is 5. The zero-order valence-electron chi connectivity index (χ0n) is 17.6. The van der Waals surface area contributed by atoms with Gasteiger partial charge in [0, 0.05) is 32.6 Å². The predicted molar refractivity (Wildman–Crippen MR) is 121 cm³/mol. The summed E-state index contributed by atoms with van der Waals surface area (Å²) in [5, 5.41) is 0. The maximum Gasteiger partial charge on any atom is 0.289 e. The Morgan fingerprint density at radius 1 is 0.906 bits per heavy atom. The first-order chi connectivity index (χ1) is 15.7. The number of piperazine rings is 1. The Bertz CT molecular complexity index is 1100. The molecule has 3 aromatic rings. The first kappa shape index (κ1) is 20.1. The highest BCUT2D eigenvalue weighted by atomic mass is 16.3. The minimum absolute atomic E-state index is 0.0239. The zero-order valence-corrected chi connectivity index (χ0v) is 17.6. The summed E-state index contributed by atoms with van der Waals surface area (Å²) in [7, 11) is 0. The second kappa shape index (κ2) is 8.70. The van der Waals surface area contributed by atoms with Crippen LogP contribution < -0.4 is 4.90 Å². The Labute approximate surface area is 186 Å². The Balaban J connectivity index is 1.36. The van der Waals surface area contributed by atoms with Gasteiger partial charge >= 0.3 is 0 Å². The highest BCUT2D eigenvalue weighted by Gasteiger charge is 2.39. The number of amides is 2. The molecule has 7 nitrogen and oxygen atoms in total. The molecule has 7 heteroatoms. The monoisotopic (exact) mass is 428 g/mol. The van der Waals surface area contributed by atoms with Crippen molar-refractivity contribution in [2.24, 2.45) is 4.99 Å². The number of carbonyl (C=O) groups is 2. The molecule has 2 aliphatic heterocycles. The number of hydrogen-bond donors (Lipinski definition) is 0. The van der Waals surface area contributed by atoms with Crippen LogP contribution in [0.25, 0.3) is 0 Å². The van der Waals surface area contributed by atoms with Gasteiger partial charge in [-0.05, 0) is 29.8 Å². The fraction of sp³-hybridized carbons (Fsp3) is 0.240. The largest absolute Gasteiger partial charge is 0.459 e. The minimum atomic E-state index is -0.463. The van der Waals surface area contributed by atoms with Crippen LogP contribution in [0, 0.1) is 0 Å². The molecule has 0 bridgehead atoms. The van der Waals surface area contributed by atoms with Gasteiger partial charge in [0.15, 0.2) is 5.76 Å². The fourth-order valence-corrected chi connectivity index (χ4v) is 4.18. The van der Waals surface area contributed by atoms with Gasteiger partial charge in [-0.15, -0.1) is 0 Å². The zero-order chi connectivity index (χ0) is 21.9. The highest BCUT2D eigenvalue weighted by molar-refractivity contribution is 6.22. The van der Waals surface area contributed by atoms with Crippen molar-refractivity contribution in [3.8, 4) is 0 Å². The van der Waals surface area contributed by atoms with Crippen LogP contribution in [0.4, 0.5) is 5.69 Å². The SMILES string of the molecule is O=C(c1ccco1)N1CCN(C2=NC(Cc3ccccc3)C(=O)N2c2ccccc2)CC1. The number of aliphatic imine (C=N–C) groups is 1. The van der Waals surface area contributed by atoms with Gasteiger partial charge in [-0.3, -0.25) is 9.59 Å². The number of benzene rings is 2. The summed E-state index contributed by atoms with van der Waals surface area (Å²) in [4.78, 5) is 36.5. The van der Waals surface area contributed by atoms with Crippen molar-refractivity contribution in [2.75, 3.05) is 31.1 Å². The van der Waals surface area contributed by atoms with E-state index in [9.17, 15) is 9.59 Å². The number of guanidine groups is 1. The molecule has 1 unspecified atom stereocenters. The lowest BCUT2D eigenvalue weighted by atomic mass is 10.1. The van der Waals surface area contributed by atoms with Crippen LogP contribution in [-0.4, -0.2) is 59.8 Å². The molecule has 1 atom stereocenters. The van der Waals surface area contributed by atoms with Crippen molar-refractivity contribution < 1.29 is 14.0 Å². The molecule has 1 fully saturated rings. The van der Waals surface area contributed by atoms with E-state index in [1.54, 1.807) is 21.9 Å². The molecular formula is C25H24N4O3. The number of rotatable bonds is 4. The van der Waals surface area contributed by atoms with Crippen molar-refractivity contribution >= 4 is 23.5 Å². The smallest absolute Gasteiger partial charge is 0.289 e. The summed E-state index contributed by atoms with van der Waals surface area (Å²) in [6, 6.07) is 22.5. The van der Waals surface area contributed by atoms with Crippen LogP contribution in [0.1, 0.15) is 16.1 Å².